The second-order valence-electron chi connectivity index (χ2n) is 16.0. The van der Waals surface area contributed by atoms with E-state index in [1.807, 2.05) is 36.4 Å². The van der Waals surface area contributed by atoms with Crippen LogP contribution in [-0.2, 0) is 0 Å². The first-order chi connectivity index (χ1) is 30.7. The number of aromatic nitrogens is 5. The first kappa shape index (κ1) is 34.5. The Kier molecular flexibility index (Phi) is 7.54. The maximum Gasteiger partial charge on any atom is 0.164 e. The normalized spacial score (nSPS) is 11.9. The number of hydrogen-bond donors (Lipinski definition) is 0. The molecule has 10 aromatic carbocycles. The van der Waals surface area contributed by atoms with Crippen molar-refractivity contribution < 1.29 is 0 Å². The lowest BCUT2D eigenvalue weighted by atomic mass is 10.0. The van der Waals surface area contributed by atoms with Crippen molar-refractivity contribution in [3.05, 3.63) is 212 Å². The van der Waals surface area contributed by atoms with E-state index >= 15 is 0 Å². The molecule has 0 fully saturated rings. The van der Waals surface area contributed by atoms with Crippen LogP contribution in [0.5, 0.6) is 0 Å². The molecule has 0 aliphatic carbocycles. The molecule has 3 aromatic heterocycles. The molecule has 0 N–H and O–H groups in total. The van der Waals surface area contributed by atoms with Crippen LogP contribution >= 0.6 is 0 Å². The smallest absolute Gasteiger partial charge is 0.164 e. The molecular weight excluding hydrogens is 755 g/mol. The zero-order valence-electron chi connectivity index (χ0n) is 33.4. The largest absolute Gasteiger partial charge is 0.309 e. The van der Waals surface area contributed by atoms with Gasteiger partial charge in [-0.15, -0.1) is 0 Å². The Labute approximate surface area is 356 Å². The average molecular weight is 790 g/mol. The molecule has 0 atom stereocenters. The van der Waals surface area contributed by atoms with Crippen LogP contribution in [0.4, 0.5) is 0 Å². The van der Waals surface area contributed by atoms with E-state index in [0.29, 0.717) is 17.5 Å². The Morgan fingerprint density at radius 3 is 1.58 bits per heavy atom. The number of fused-ring (bicyclic) bond motifs is 10. The van der Waals surface area contributed by atoms with Gasteiger partial charge in [-0.25, -0.2) is 15.0 Å². The Morgan fingerprint density at radius 1 is 0.274 bits per heavy atom. The van der Waals surface area contributed by atoms with Crippen LogP contribution < -0.4 is 0 Å². The third-order valence-electron chi connectivity index (χ3n) is 12.5. The Hall–Kier alpha value is -8.41. The lowest BCUT2D eigenvalue weighted by Crippen LogP contribution is -2.01. The van der Waals surface area contributed by atoms with E-state index < -0.39 is 0 Å². The summed E-state index contributed by atoms with van der Waals surface area (Å²) in [4.78, 5) is 15.3. The zero-order chi connectivity index (χ0) is 40.7. The molecule has 62 heavy (non-hydrogen) atoms. The van der Waals surface area contributed by atoms with Gasteiger partial charge in [0.05, 0.1) is 22.1 Å². The van der Waals surface area contributed by atoms with Crippen molar-refractivity contribution in [2.75, 3.05) is 0 Å². The van der Waals surface area contributed by atoms with Crippen molar-refractivity contribution >= 4 is 75.9 Å². The van der Waals surface area contributed by atoms with E-state index in [1.54, 1.807) is 0 Å². The van der Waals surface area contributed by atoms with Crippen molar-refractivity contribution in [3.63, 3.8) is 0 Å². The molecule has 0 unspecified atom stereocenters. The topological polar surface area (TPSA) is 48.5 Å². The monoisotopic (exact) mass is 789 g/mol. The maximum absolute atomic E-state index is 5.16. The number of hydrogen-bond acceptors (Lipinski definition) is 3. The predicted molar refractivity (Wildman–Crippen MR) is 257 cm³/mol. The fraction of sp³-hybridized carbons (Fsp3) is 0. The fourth-order valence-electron chi connectivity index (χ4n) is 9.63. The van der Waals surface area contributed by atoms with Gasteiger partial charge in [0.2, 0.25) is 0 Å². The van der Waals surface area contributed by atoms with Gasteiger partial charge < -0.3 is 9.13 Å². The van der Waals surface area contributed by atoms with Crippen LogP contribution in [0.25, 0.3) is 121 Å². The molecule has 5 nitrogen and oxygen atoms in total. The van der Waals surface area contributed by atoms with Crippen molar-refractivity contribution in [3.8, 4) is 45.5 Å². The third kappa shape index (κ3) is 5.32. The van der Waals surface area contributed by atoms with Gasteiger partial charge in [-0.2, -0.15) is 0 Å². The standard InChI is InChI=1S/C57H35N5/c1-3-15-38(16-4-1)55-58-56(39-17-5-2-6-18-39)60-57(59-55)48-24-13-21-37-26-28-42(34-49(37)48)61-52-33-41-20-8-7-19-40(41)32-50(52)46-31-29-43(35-53(46)61)62-51-25-12-11-23-45(51)47-30-27-36-14-9-10-22-44(36)54(47)62/h1-35H. The van der Waals surface area contributed by atoms with Gasteiger partial charge in [-0.05, 0) is 69.4 Å². The van der Waals surface area contributed by atoms with Crippen LogP contribution in [0.15, 0.2) is 212 Å². The van der Waals surface area contributed by atoms with Gasteiger partial charge in [0.1, 0.15) is 0 Å². The van der Waals surface area contributed by atoms with Crippen molar-refractivity contribution in [1.82, 2.24) is 24.1 Å². The Balaban J connectivity index is 1.08. The van der Waals surface area contributed by atoms with Gasteiger partial charge in [0.25, 0.3) is 0 Å². The number of para-hydroxylation sites is 1. The second kappa shape index (κ2) is 13.6. The molecule has 0 saturated heterocycles. The SMILES string of the molecule is c1ccc(-c2nc(-c3ccccc3)nc(-c3cccc4ccc(-n5c6cc(-n7c8ccccc8c8ccc9ccccc9c87)ccc6c6cc7ccccc7cc65)cc34)n2)cc1. The minimum atomic E-state index is 0.634. The van der Waals surface area contributed by atoms with E-state index in [1.165, 1.54) is 54.1 Å². The summed E-state index contributed by atoms with van der Waals surface area (Å²) in [5.41, 5.74) is 9.70. The van der Waals surface area contributed by atoms with Gasteiger partial charge in [0.15, 0.2) is 17.5 Å². The van der Waals surface area contributed by atoms with Crippen LogP contribution in [-0.4, -0.2) is 24.1 Å². The molecule has 13 rings (SSSR count). The van der Waals surface area contributed by atoms with E-state index in [4.69, 9.17) is 15.0 Å². The first-order valence-corrected chi connectivity index (χ1v) is 21.0. The summed E-state index contributed by atoms with van der Waals surface area (Å²) in [5.74, 6) is 1.92. The summed E-state index contributed by atoms with van der Waals surface area (Å²) >= 11 is 0. The zero-order valence-corrected chi connectivity index (χ0v) is 33.4. The van der Waals surface area contributed by atoms with Crippen molar-refractivity contribution in [2.24, 2.45) is 0 Å². The predicted octanol–water partition coefficient (Wildman–Crippen LogP) is 14.5. The summed E-state index contributed by atoms with van der Waals surface area (Å²) in [6.07, 6.45) is 0. The molecule has 3 heterocycles. The minimum absolute atomic E-state index is 0.634. The van der Waals surface area contributed by atoms with Gasteiger partial charge in [0, 0.05) is 55.0 Å². The summed E-state index contributed by atoms with van der Waals surface area (Å²) in [7, 11) is 0. The quantitative estimate of drug-likeness (QED) is 0.174. The first-order valence-electron chi connectivity index (χ1n) is 21.0. The molecule has 5 heteroatoms. The van der Waals surface area contributed by atoms with Crippen molar-refractivity contribution in [1.29, 1.82) is 0 Å². The van der Waals surface area contributed by atoms with E-state index in [2.05, 4.69) is 185 Å². The Bertz CT molecular complexity index is 3860. The van der Waals surface area contributed by atoms with Crippen LogP contribution in [0.2, 0.25) is 0 Å². The number of rotatable bonds is 5. The lowest BCUT2D eigenvalue weighted by molar-refractivity contribution is 1.08. The molecule has 0 aliphatic rings. The van der Waals surface area contributed by atoms with E-state index in [9.17, 15) is 0 Å². The van der Waals surface area contributed by atoms with Crippen LogP contribution in [0.1, 0.15) is 0 Å². The molecule has 0 aliphatic heterocycles. The second-order valence-corrected chi connectivity index (χ2v) is 16.0. The number of nitrogens with zero attached hydrogens (tertiary/aromatic N) is 5. The summed E-state index contributed by atoms with van der Waals surface area (Å²) in [5, 5.41) is 12.0. The van der Waals surface area contributed by atoms with Crippen molar-refractivity contribution in [2.45, 2.75) is 0 Å². The van der Waals surface area contributed by atoms with Crippen LogP contribution in [0, 0.1) is 0 Å². The Morgan fingerprint density at radius 2 is 0.806 bits per heavy atom. The van der Waals surface area contributed by atoms with Gasteiger partial charge in [-0.3, -0.25) is 0 Å². The highest BCUT2D eigenvalue weighted by Gasteiger charge is 2.20. The molecule has 288 valence electrons. The molecule has 0 bridgehead atoms. The molecule has 0 spiro atoms. The minimum Gasteiger partial charge on any atom is -0.309 e. The summed E-state index contributed by atoms with van der Waals surface area (Å²) < 4.78 is 4.90. The fourth-order valence-corrected chi connectivity index (χ4v) is 9.63. The highest BCUT2D eigenvalue weighted by molar-refractivity contribution is 6.19. The highest BCUT2D eigenvalue weighted by atomic mass is 15.0. The van der Waals surface area contributed by atoms with Crippen LogP contribution in [0.3, 0.4) is 0 Å². The molecule has 0 amide bonds. The molecule has 0 radical (unpaired) electrons. The maximum atomic E-state index is 5.16. The van der Waals surface area contributed by atoms with E-state index in [0.717, 1.165) is 49.9 Å². The van der Waals surface area contributed by atoms with E-state index in [-0.39, 0.29) is 0 Å². The number of benzene rings is 10. The highest BCUT2D eigenvalue weighted by Crippen LogP contribution is 2.41. The van der Waals surface area contributed by atoms with Gasteiger partial charge >= 0.3 is 0 Å². The van der Waals surface area contributed by atoms with Gasteiger partial charge in [-0.1, -0.05) is 170 Å². The third-order valence-corrected chi connectivity index (χ3v) is 12.5. The molecule has 13 aromatic rings. The summed E-state index contributed by atoms with van der Waals surface area (Å²) in [6, 6.07) is 75.9. The molecule has 0 saturated carbocycles. The lowest BCUT2D eigenvalue weighted by Gasteiger charge is -2.14. The average Bonchev–Trinajstić information content (AvgIpc) is 3.85. The molecular formula is C57H35N5. The summed E-state index contributed by atoms with van der Waals surface area (Å²) in [6.45, 7) is 0.